The molecule has 5 heteroatoms. The van der Waals surface area contributed by atoms with Gasteiger partial charge in [0.1, 0.15) is 0 Å². The van der Waals surface area contributed by atoms with E-state index < -0.39 is 0 Å². The van der Waals surface area contributed by atoms with Crippen LogP contribution in [0.5, 0.6) is 0 Å². The number of pyridine rings is 1. The lowest BCUT2D eigenvalue weighted by Gasteiger charge is -2.00. The van der Waals surface area contributed by atoms with E-state index in [1.165, 1.54) is 5.56 Å². The predicted molar refractivity (Wildman–Crippen MR) is 70.8 cm³/mol. The summed E-state index contributed by atoms with van der Waals surface area (Å²) in [5.74, 6) is 0. The predicted octanol–water partition coefficient (Wildman–Crippen LogP) is 2.12. The summed E-state index contributed by atoms with van der Waals surface area (Å²) < 4.78 is 2.92. The molecule has 0 saturated carbocycles. The maximum atomic E-state index is 4.47. The average Bonchev–Trinajstić information content (AvgIpc) is 2.63. The van der Waals surface area contributed by atoms with Gasteiger partial charge in [-0.15, -0.1) is 0 Å². The van der Waals surface area contributed by atoms with Crippen LogP contribution in [0.1, 0.15) is 17.0 Å². The van der Waals surface area contributed by atoms with E-state index >= 15 is 0 Å². The quantitative estimate of drug-likeness (QED) is 0.939. The molecule has 2 heterocycles. The van der Waals surface area contributed by atoms with Gasteiger partial charge in [-0.1, -0.05) is 0 Å². The second-order valence-electron chi connectivity index (χ2n) is 3.94. The molecule has 1 N–H and O–H groups in total. The van der Waals surface area contributed by atoms with E-state index in [4.69, 9.17) is 0 Å². The first-order valence-corrected chi connectivity index (χ1v) is 6.26. The van der Waals surface area contributed by atoms with Gasteiger partial charge in [0, 0.05) is 29.0 Å². The van der Waals surface area contributed by atoms with Crippen LogP contribution in [0.3, 0.4) is 0 Å². The minimum absolute atomic E-state index is 0.706. The number of hydrogen-bond acceptors (Lipinski definition) is 3. The summed E-state index contributed by atoms with van der Waals surface area (Å²) in [4.78, 5) is 4.34. The zero-order valence-electron chi connectivity index (χ0n) is 9.94. The first-order valence-electron chi connectivity index (χ1n) is 5.47. The molecule has 0 saturated heterocycles. The first kappa shape index (κ1) is 12.3. The van der Waals surface area contributed by atoms with Gasteiger partial charge < -0.3 is 5.32 Å². The molecule has 0 fully saturated rings. The number of nitrogens with zero attached hydrogens (tertiary/aromatic N) is 3. The molecule has 0 radical (unpaired) electrons. The molecule has 0 aliphatic rings. The highest BCUT2D eigenvalue weighted by molar-refractivity contribution is 9.10. The third-order valence-electron chi connectivity index (χ3n) is 2.53. The first-order chi connectivity index (χ1) is 8.19. The molecule has 90 valence electrons. The maximum absolute atomic E-state index is 4.47. The highest BCUT2D eigenvalue weighted by atomic mass is 79.9. The lowest BCUT2D eigenvalue weighted by atomic mass is 10.3. The second kappa shape index (κ2) is 5.42. The van der Waals surface area contributed by atoms with Gasteiger partial charge >= 0.3 is 0 Å². The molecule has 0 bridgehead atoms. The van der Waals surface area contributed by atoms with Crippen LogP contribution in [0, 0.1) is 6.92 Å². The van der Waals surface area contributed by atoms with Crippen molar-refractivity contribution in [3.63, 3.8) is 0 Å². The average molecular weight is 295 g/mol. The van der Waals surface area contributed by atoms with Crippen LogP contribution in [0.2, 0.25) is 0 Å². The Hall–Kier alpha value is -1.20. The van der Waals surface area contributed by atoms with Crippen molar-refractivity contribution in [1.29, 1.82) is 0 Å². The van der Waals surface area contributed by atoms with Gasteiger partial charge in [0.05, 0.1) is 17.9 Å². The SMILES string of the molecule is CNCc1cn(Cc2ccc(Br)cn2)nc1C. The Bertz CT molecular complexity index is 490. The Morgan fingerprint density at radius 3 is 2.88 bits per heavy atom. The van der Waals surface area contributed by atoms with E-state index in [9.17, 15) is 0 Å². The van der Waals surface area contributed by atoms with Crippen molar-refractivity contribution < 1.29 is 0 Å². The minimum Gasteiger partial charge on any atom is -0.316 e. The molecule has 0 spiro atoms. The molecule has 0 unspecified atom stereocenters. The fourth-order valence-electron chi connectivity index (χ4n) is 1.67. The fraction of sp³-hybridized carbons (Fsp3) is 0.333. The van der Waals surface area contributed by atoms with Crippen molar-refractivity contribution in [2.24, 2.45) is 0 Å². The summed E-state index contributed by atoms with van der Waals surface area (Å²) in [6, 6.07) is 3.99. The summed E-state index contributed by atoms with van der Waals surface area (Å²) >= 11 is 3.37. The van der Waals surface area contributed by atoms with Crippen LogP contribution in [0.4, 0.5) is 0 Å². The van der Waals surface area contributed by atoms with Gasteiger partial charge in [-0.2, -0.15) is 5.10 Å². The lowest BCUT2D eigenvalue weighted by molar-refractivity contribution is 0.665. The van der Waals surface area contributed by atoms with Crippen LogP contribution in [-0.4, -0.2) is 21.8 Å². The minimum atomic E-state index is 0.706. The van der Waals surface area contributed by atoms with Gasteiger partial charge in [0.25, 0.3) is 0 Å². The molecule has 2 rings (SSSR count). The van der Waals surface area contributed by atoms with Crippen molar-refractivity contribution in [3.8, 4) is 0 Å². The van der Waals surface area contributed by atoms with Crippen molar-refractivity contribution in [2.45, 2.75) is 20.0 Å². The van der Waals surface area contributed by atoms with Gasteiger partial charge in [0.15, 0.2) is 0 Å². The monoisotopic (exact) mass is 294 g/mol. The Morgan fingerprint density at radius 1 is 1.41 bits per heavy atom. The Balaban J connectivity index is 2.13. The van der Waals surface area contributed by atoms with Crippen molar-refractivity contribution in [1.82, 2.24) is 20.1 Å². The molecular formula is C12H15BrN4. The lowest BCUT2D eigenvalue weighted by Crippen LogP contribution is -2.05. The van der Waals surface area contributed by atoms with Gasteiger partial charge in [-0.25, -0.2) is 0 Å². The molecular weight excluding hydrogens is 280 g/mol. The van der Waals surface area contributed by atoms with E-state index in [1.54, 1.807) is 6.20 Å². The second-order valence-corrected chi connectivity index (χ2v) is 4.85. The zero-order valence-corrected chi connectivity index (χ0v) is 11.5. The third-order valence-corrected chi connectivity index (χ3v) is 3.00. The van der Waals surface area contributed by atoms with Crippen molar-refractivity contribution in [2.75, 3.05) is 7.05 Å². The van der Waals surface area contributed by atoms with E-state index in [2.05, 4.69) is 37.5 Å². The largest absolute Gasteiger partial charge is 0.316 e. The molecule has 0 amide bonds. The van der Waals surface area contributed by atoms with Crippen LogP contribution in [0.15, 0.2) is 29.0 Å². The zero-order chi connectivity index (χ0) is 12.3. The molecule has 0 aliphatic carbocycles. The third kappa shape index (κ3) is 3.14. The van der Waals surface area contributed by atoms with Gasteiger partial charge in [0.2, 0.25) is 0 Å². The molecule has 2 aromatic heterocycles. The number of hydrogen-bond donors (Lipinski definition) is 1. The maximum Gasteiger partial charge on any atom is 0.0831 e. The van der Waals surface area contributed by atoms with E-state index in [1.807, 2.05) is 30.8 Å². The topological polar surface area (TPSA) is 42.7 Å². The van der Waals surface area contributed by atoms with Crippen LogP contribution < -0.4 is 5.32 Å². The molecule has 0 aliphatic heterocycles. The smallest absolute Gasteiger partial charge is 0.0831 e. The highest BCUT2D eigenvalue weighted by Gasteiger charge is 2.04. The van der Waals surface area contributed by atoms with E-state index in [0.717, 1.165) is 22.4 Å². The number of halogens is 1. The summed E-state index contributed by atoms with van der Waals surface area (Å²) in [7, 11) is 1.94. The number of aromatic nitrogens is 3. The molecule has 4 nitrogen and oxygen atoms in total. The van der Waals surface area contributed by atoms with Crippen LogP contribution >= 0.6 is 15.9 Å². The fourth-order valence-corrected chi connectivity index (χ4v) is 1.90. The Labute approximate surface area is 109 Å². The van der Waals surface area contributed by atoms with Crippen molar-refractivity contribution >= 4 is 15.9 Å². The Kier molecular flexibility index (Phi) is 3.91. The number of rotatable bonds is 4. The summed E-state index contributed by atoms with van der Waals surface area (Å²) in [5, 5.41) is 7.61. The molecule has 17 heavy (non-hydrogen) atoms. The normalized spacial score (nSPS) is 10.8. The number of nitrogens with one attached hydrogen (secondary N) is 1. The molecule has 2 aromatic rings. The van der Waals surface area contributed by atoms with Gasteiger partial charge in [-0.05, 0) is 42.0 Å². The summed E-state index contributed by atoms with van der Waals surface area (Å²) in [5.41, 5.74) is 3.30. The number of aryl methyl sites for hydroxylation is 1. The highest BCUT2D eigenvalue weighted by Crippen LogP contribution is 2.10. The molecule has 0 atom stereocenters. The van der Waals surface area contributed by atoms with Crippen LogP contribution in [0.25, 0.3) is 0 Å². The van der Waals surface area contributed by atoms with Crippen LogP contribution in [-0.2, 0) is 13.1 Å². The Morgan fingerprint density at radius 2 is 2.24 bits per heavy atom. The standard InChI is InChI=1S/C12H15BrN4/c1-9-10(5-14-2)7-17(16-9)8-12-4-3-11(13)6-15-12/h3-4,6-7,14H,5,8H2,1-2H3. The summed E-state index contributed by atoms with van der Waals surface area (Å²) in [6.45, 7) is 3.58. The van der Waals surface area contributed by atoms with Gasteiger partial charge in [-0.3, -0.25) is 9.67 Å². The molecule has 0 aromatic carbocycles. The van der Waals surface area contributed by atoms with Crippen molar-refractivity contribution in [3.05, 3.63) is 46.0 Å². The van der Waals surface area contributed by atoms with E-state index in [-0.39, 0.29) is 0 Å². The van der Waals surface area contributed by atoms with E-state index in [0.29, 0.717) is 6.54 Å². The summed E-state index contributed by atoms with van der Waals surface area (Å²) in [6.07, 6.45) is 3.87.